The second-order valence-electron chi connectivity index (χ2n) is 6.14. The third-order valence-corrected chi connectivity index (χ3v) is 4.72. The van der Waals surface area contributed by atoms with E-state index in [1.165, 1.54) is 19.2 Å². The van der Waals surface area contributed by atoms with Crippen LogP contribution in [0.25, 0.3) is 5.57 Å². The molecule has 0 aromatic heterocycles. The number of rotatable bonds is 3. The summed E-state index contributed by atoms with van der Waals surface area (Å²) >= 11 is 6.11. The molecule has 0 unspecified atom stereocenters. The molecule has 0 bridgehead atoms. The van der Waals surface area contributed by atoms with Crippen molar-refractivity contribution < 1.29 is 14.0 Å². The number of nitrogens with zero attached hydrogens (tertiary/aromatic N) is 1. The first-order valence-electron chi connectivity index (χ1n) is 8.50. The fourth-order valence-electron chi connectivity index (χ4n) is 2.89. The van der Waals surface area contributed by atoms with E-state index in [2.05, 4.69) is 10.6 Å². The van der Waals surface area contributed by atoms with Gasteiger partial charge in [0, 0.05) is 25.8 Å². The average Bonchev–Trinajstić information content (AvgIpc) is 2.68. The minimum Gasteiger partial charge on any atom is -0.355 e. The van der Waals surface area contributed by atoms with Crippen molar-refractivity contribution >= 4 is 34.8 Å². The van der Waals surface area contributed by atoms with E-state index in [-0.39, 0.29) is 22.8 Å². The molecular weight excluding hydrogens is 369 g/mol. The monoisotopic (exact) mass is 387 g/mol. The standard InChI is InChI=1S/C20H19ClFN3O2/c1-23-19(26)17-7-6-16(12-18(17)21)24-20(27)25-10-8-14(9-11-25)13-2-4-15(22)5-3-13/h2-8,12H,9-11H2,1H3,(H,23,26)(H,24,27). The van der Waals surface area contributed by atoms with Crippen molar-refractivity contribution in [3.8, 4) is 0 Å². The van der Waals surface area contributed by atoms with Gasteiger partial charge in [0.05, 0.1) is 10.6 Å². The quantitative estimate of drug-likeness (QED) is 0.830. The first kappa shape index (κ1) is 18.9. The molecule has 0 saturated carbocycles. The van der Waals surface area contributed by atoms with Gasteiger partial charge in [-0.25, -0.2) is 9.18 Å². The van der Waals surface area contributed by atoms with Gasteiger partial charge in [0.2, 0.25) is 0 Å². The highest BCUT2D eigenvalue weighted by Crippen LogP contribution is 2.24. The molecule has 0 radical (unpaired) electrons. The first-order chi connectivity index (χ1) is 13.0. The Balaban J connectivity index is 1.63. The Labute approximate surface area is 161 Å². The maximum absolute atomic E-state index is 13.0. The molecule has 140 valence electrons. The van der Waals surface area contributed by atoms with Crippen LogP contribution in [0.1, 0.15) is 22.3 Å². The van der Waals surface area contributed by atoms with Gasteiger partial charge < -0.3 is 15.5 Å². The Kier molecular flexibility index (Phi) is 5.76. The molecule has 0 aliphatic carbocycles. The van der Waals surface area contributed by atoms with Gasteiger partial charge in [0.25, 0.3) is 5.91 Å². The van der Waals surface area contributed by atoms with Crippen molar-refractivity contribution in [1.29, 1.82) is 0 Å². The van der Waals surface area contributed by atoms with Gasteiger partial charge in [0.15, 0.2) is 0 Å². The molecule has 3 rings (SSSR count). The molecule has 27 heavy (non-hydrogen) atoms. The average molecular weight is 388 g/mol. The summed E-state index contributed by atoms with van der Waals surface area (Å²) < 4.78 is 13.0. The molecule has 0 fully saturated rings. The van der Waals surface area contributed by atoms with Crippen molar-refractivity contribution in [2.75, 3.05) is 25.5 Å². The van der Waals surface area contributed by atoms with E-state index in [1.54, 1.807) is 35.2 Å². The summed E-state index contributed by atoms with van der Waals surface area (Å²) in [6.07, 6.45) is 2.66. The Hall–Kier alpha value is -2.86. The minimum atomic E-state index is -0.285. The van der Waals surface area contributed by atoms with E-state index in [4.69, 9.17) is 11.6 Å². The number of benzene rings is 2. The van der Waals surface area contributed by atoms with E-state index in [0.717, 1.165) is 11.1 Å². The third-order valence-electron chi connectivity index (χ3n) is 4.40. The number of hydrogen-bond donors (Lipinski definition) is 2. The largest absolute Gasteiger partial charge is 0.355 e. The molecule has 3 amide bonds. The zero-order valence-corrected chi connectivity index (χ0v) is 15.5. The lowest BCUT2D eigenvalue weighted by molar-refractivity contribution is 0.0963. The number of halogens is 2. The molecule has 1 heterocycles. The van der Waals surface area contributed by atoms with Crippen molar-refractivity contribution in [2.45, 2.75) is 6.42 Å². The van der Waals surface area contributed by atoms with Crippen molar-refractivity contribution in [3.63, 3.8) is 0 Å². The Morgan fingerprint density at radius 2 is 1.89 bits per heavy atom. The van der Waals surface area contributed by atoms with Crippen LogP contribution in [0.4, 0.5) is 14.9 Å². The summed E-state index contributed by atoms with van der Waals surface area (Å²) in [5, 5.41) is 5.57. The molecular formula is C20H19ClFN3O2. The third kappa shape index (κ3) is 4.46. The molecule has 7 heteroatoms. The Morgan fingerprint density at radius 1 is 1.15 bits per heavy atom. The zero-order valence-electron chi connectivity index (χ0n) is 14.8. The number of carbonyl (C=O) groups excluding carboxylic acids is 2. The second kappa shape index (κ2) is 8.22. The van der Waals surface area contributed by atoms with Crippen LogP contribution >= 0.6 is 11.6 Å². The summed E-state index contributed by atoms with van der Waals surface area (Å²) in [6, 6.07) is 10.9. The van der Waals surface area contributed by atoms with Gasteiger partial charge in [-0.15, -0.1) is 0 Å². The number of carbonyl (C=O) groups is 2. The molecule has 0 spiro atoms. The maximum atomic E-state index is 13.0. The van der Waals surface area contributed by atoms with Gasteiger partial charge in [-0.1, -0.05) is 29.8 Å². The van der Waals surface area contributed by atoms with E-state index >= 15 is 0 Å². The van der Waals surface area contributed by atoms with E-state index in [1.807, 2.05) is 6.08 Å². The predicted octanol–water partition coefficient (Wildman–Crippen LogP) is 4.16. The zero-order chi connectivity index (χ0) is 19.4. The van der Waals surface area contributed by atoms with Crippen LogP contribution in [0.15, 0.2) is 48.5 Å². The SMILES string of the molecule is CNC(=O)c1ccc(NC(=O)N2CC=C(c3ccc(F)cc3)CC2)cc1Cl. The minimum absolute atomic E-state index is 0.242. The Morgan fingerprint density at radius 3 is 2.48 bits per heavy atom. The summed E-state index contributed by atoms with van der Waals surface area (Å²) in [5.41, 5.74) is 2.93. The highest BCUT2D eigenvalue weighted by molar-refractivity contribution is 6.34. The molecule has 1 aliphatic heterocycles. The molecule has 0 atom stereocenters. The lowest BCUT2D eigenvalue weighted by Crippen LogP contribution is -2.37. The molecule has 2 aromatic carbocycles. The highest BCUT2D eigenvalue weighted by atomic mass is 35.5. The second-order valence-corrected chi connectivity index (χ2v) is 6.54. The summed E-state index contributed by atoms with van der Waals surface area (Å²) in [7, 11) is 1.53. The molecule has 0 saturated heterocycles. The van der Waals surface area contributed by atoms with Crippen LogP contribution in [-0.2, 0) is 0 Å². The van der Waals surface area contributed by atoms with Crippen molar-refractivity contribution in [1.82, 2.24) is 10.2 Å². The molecule has 2 aromatic rings. The van der Waals surface area contributed by atoms with Gasteiger partial charge >= 0.3 is 6.03 Å². The van der Waals surface area contributed by atoms with E-state index in [9.17, 15) is 14.0 Å². The van der Waals surface area contributed by atoms with Gasteiger partial charge in [-0.3, -0.25) is 4.79 Å². The summed E-state index contributed by atoms with van der Waals surface area (Å²) in [4.78, 5) is 25.8. The van der Waals surface area contributed by atoms with Crippen LogP contribution in [0.3, 0.4) is 0 Å². The number of hydrogen-bond acceptors (Lipinski definition) is 2. The first-order valence-corrected chi connectivity index (χ1v) is 8.88. The highest BCUT2D eigenvalue weighted by Gasteiger charge is 2.18. The lowest BCUT2D eigenvalue weighted by atomic mass is 10.00. The topological polar surface area (TPSA) is 61.4 Å². The van der Waals surface area contributed by atoms with Gasteiger partial charge in [0.1, 0.15) is 5.82 Å². The smallest absolute Gasteiger partial charge is 0.322 e. The normalized spacial score (nSPS) is 13.7. The lowest BCUT2D eigenvalue weighted by Gasteiger charge is -2.27. The number of amides is 3. The van der Waals surface area contributed by atoms with Crippen molar-refractivity contribution in [3.05, 3.63) is 70.5 Å². The van der Waals surface area contributed by atoms with Crippen LogP contribution in [0, 0.1) is 5.82 Å². The molecule has 5 nitrogen and oxygen atoms in total. The number of nitrogens with one attached hydrogen (secondary N) is 2. The maximum Gasteiger partial charge on any atom is 0.322 e. The number of urea groups is 1. The van der Waals surface area contributed by atoms with E-state index in [0.29, 0.717) is 30.8 Å². The van der Waals surface area contributed by atoms with E-state index < -0.39 is 0 Å². The Bertz CT molecular complexity index is 897. The van der Waals surface area contributed by atoms with Gasteiger partial charge in [-0.2, -0.15) is 0 Å². The molecule has 1 aliphatic rings. The van der Waals surface area contributed by atoms with Crippen LogP contribution in [0.5, 0.6) is 0 Å². The van der Waals surface area contributed by atoms with Crippen LogP contribution in [-0.4, -0.2) is 37.0 Å². The van der Waals surface area contributed by atoms with Crippen LogP contribution in [0.2, 0.25) is 5.02 Å². The van der Waals surface area contributed by atoms with Gasteiger partial charge in [-0.05, 0) is 47.9 Å². The predicted molar refractivity (Wildman–Crippen MR) is 104 cm³/mol. The van der Waals surface area contributed by atoms with Crippen molar-refractivity contribution in [2.24, 2.45) is 0 Å². The summed E-state index contributed by atoms with van der Waals surface area (Å²) in [5.74, 6) is -0.551. The fourth-order valence-corrected chi connectivity index (χ4v) is 3.16. The van der Waals surface area contributed by atoms with Crippen LogP contribution < -0.4 is 10.6 Å². The number of anilines is 1. The molecule has 2 N–H and O–H groups in total. The fraction of sp³-hybridized carbons (Fsp3) is 0.200. The summed E-state index contributed by atoms with van der Waals surface area (Å²) in [6.45, 7) is 1.02.